The summed E-state index contributed by atoms with van der Waals surface area (Å²) in [5, 5.41) is 0. The average Bonchev–Trinajstić information content (AvgIpc) is 2.74. The molecule has 0 saturated carbocycles. The van der Waals surface area contributed by atoms with Crippen LogP contribution in [0.2, 0.25) is 0 Å². The summed E-state index contributed by atoms with van der Waals surface area (Å²) in [6.45, 7) is 6.83. The van der Waals surface area contributed by atoms with Crippen LogP contribution in [0.4, 0.5) is 0 Å². The maximum Gasteiger partial charge on any atom is 0.178 e. The van der Waals surface area contributed by atoms with Crippen molar-refractivity contribution in [2.24, 2.45) is 0 Å². The van der Waals surface area contributed by atoms with Crippen molar-refractivity contribution in [3.05, 3.63) is 34.4 Å². The number of benzene rings is 1. The molecule has 0 amide bonds. The van der Waals surface area contributed by atoms with Gasteiger partial charge < -0.3 is 0 Å². The zero-order valence-electron chi connectivity index (χ0n) is 20.4. The lowest BCUT2D eigenvalue weighted by molar-refractivity contribution is 0.108. The maximum atomic E-state index is 12.4. The van der Waals surface area contributed by atoms with Gasteiger partial charge >= 0.3 is 0 Å². The van der Waals surface area contributed by atoms with Crippen LogP contribution in [0, 0.1) is 0 Å². The third-order valence-corrected chi connectivity index (χ3v) is 6.71. The zero-order valence-corrected chi connectivity index (χ0v) is 21.5. The molecular weight excluding hydrogens is 383 g/mol. The Morgan fingerprint density at radius 2 is 1.03 bits per heavy atom. The van der Waals surface area contributed by atoms with Crippen molar-refractivity contribution in [1.82, 2.24) is 0 Å². The van der Waals surface area contributed by atoms with Crippen molar-refractivity contribution in [3.8, 4) is 0 Å². The van der Waals surface area contributed by atoms with Crippen LogP contribution in [-0.2, 0) is 19.3 Å². The van der Waals surface area contributed by atoms with Gasteiger partial charge in [0, 0.05) is 5.56 Å². The number of unbranched alkanes of at least 4 members (excludes halogenated alkanes) is 12. The van der Waals surface area contributed by atoms with E-state index in [1.807, 2.05) is 0 Å². The molecule has 0 aromatic heterocycles. The second-order valence-electron chi connectivity index (χ2n) is 9.09. The van der Waals surface area contributed by atoms with E-state index in [1.165, 1.54) is 119 Å². The first kappa shape index (κ1) is 27.4. The predicted octanol–water partition coefficient (Wildman–Crippen LogP) is 9.24. The molecule has 1 aromatic carbocycles. The standard InChI is InChI=1S/C28H49OP/c1-4-7-10-13-16-19-24-22-23-27(28(29)30)26(21-18-15-12-9-6-3)25(24)20-17-14-11-8-5-2/h22-23H,4-21,30H2,1-3H3. The van der Waals surface area contributed by atoms with E-state index in [1.54, 1.807) is 0 Å². The summed E-state index contributed by atoms with van der Waals surface area (Å²) in [7, 11) is 2.43. The number of aryl methyl sites for hydroxylation is 1. The summed E-state index contributed by atoms with van der Waals surface area (Å²) >= 11 is 0. The van der Waals surface area contributed by atoms with Crippen LogP contribution in [0.3, 0.4) is 0 Å². The molecule has 0 aliphatic heterocycles. The largest absolute Gasteiger partial charge is 0.290 e. The molecule has 0 heterocycles. The van der Waals surface area contributed by atoms with E-state index in [-0.39, 0.29) is 5.52 Å². The Balaban J connectivity index is 2.93. The average molecular weight is 433 g/mol. The van der Waals surface area contributed by atoms with Crippen LogP contribution >= 0.6 is 9.24 Å². The van der Waals surface area contributed by atoms with Gasteiger partial charge in [-0.25, -0.2) is 0 Å². The number of carbonyl (C=O) groups is 1. The van der Waals surface area contributed by atoms with Crippen LogP contribution in [-0.4, -0.2) is 5.52 Å². The Kier molecular flexibility index (Phi) is 16.4. The summed E-state index contributed by atoms with van der Waals surface area (Å²) in [4.78, 5) is 12.4. The van der Waals surface area contributed by atoms with Gasteiger partial charge in [0.25, 0.3) is 0 Å². The van der Waals surface area contributed by atoms with E-state index in [9.17, 15) is 4.79 Å². The fourth-order valence-corrected chi connectivity index (χ4v) is 4.80. The summed E-state index contributed by atoms with van der Waals surface area (Å²) < 4.78 is 0. The second kappa shape index (κ2) is 17.9. The normalized spacial score (nSPS) is 11.2. The predicted molar refractivity (Wildman–Crippen MR) is 138 cm³/mol. The van der Waals surface area contributed by atoms with Gasteiger partial charge in [0.2, 0.25) is 0 Å². The minimum atomic E-state index is 0.167. The second-order valence-corrected chi connectivity index (χ2v) is 9.61. The monoisotopic (exact) mass is 432 g/mol. The third-order valence-electron chi connectivity index (χ3n) is 6.40. The lowest BCUT2D eigenvalue weighted by Crippen LogP contribution is -2.08. The number of rotatable bonds is 19. The summed E-state index contributed by atoms with van der Waals surface area (Å²) in [6, 6.07) is 4.40. The van der Waals surface area contributed by atoms with Crippen molar-refractivity contribution in [2.45, 2.75) is 136 Å². The van der Waals surface area contributed by atoms with Gasteiger partial charge in [0.05, 0.1) is 0 Å². The van der Waals surface area contributed by atoms with Crippen LogP contribution in [0.25, 0.3) is 0 Å². The van der Waals surface area contributed by atoms with Crippen molar-refractivity contribution in [2.75, 3.05) is 0 Å². The first-order valence-electron chi connectivity index (χ1n) is 13.1. The quantitative estimate of drug-likeness (QED) is 0.157. The van der Waals surface area contributed by atoms with Gasteiger partial charge in [0.1, 0.15) is 0 Å². The van der Waals surface area contributed by atoms with E-state index < -0.39 is 0 Å². The van der Waals surface area contributed by atoms with Crippen LogP contribution in [0.1, 0.15) is 144 Å². The van der Waals surface area contributed by atoms with Crippen molar-refractivity contribution in [1.29, 1.82) is 0 Å². The van der Waals surface area contributed by atoms with E-state index in [4.69, 9.17) is 0 Å². The molecule has 1 unspecified atom stereocenters. The van der Waals surface area contributed by atoms with E-state index in [2.05, 4.69) is 42.1 Å². The molecule has 0 spiro atoms. The summed E-state index contributed by atoms with van der Waals surface area (Å²) in [5.74, 6) is 0. The fourth-order valence-electron chi connectivity index (χ4n) is 4.53. The van der Waals surface area contributed by atoms with Crippen LogP contribution in [0.5, 0.6) is 0 Å². The summed E-state index contributed by atoms with van der Waals surface area (Å²) in [5.41, 5.74) is 5.58. The molecule has 1 aromatic rings. The molecule has 2 heteroatoms. The molecule has 0 N–H and O–H groups in total. The molecular formula is C28H49OP. The molecule has 0 radical (unpaired) electrons. The minimum absolute atomic E-state index is 0.167. The molecule has 1 nitrogen and oxygen atoms in total. The van der Waals surface area contributed by atoms with Gasteiger partial charge in [-0.15, -0.1) is 0 Å². The first-order valence-corrected chi connectivity index (χ1v) is 13.7. The SMILES string of the molecule is CCCCCCCc1ccc(C(=O)P)c(CCCCCCC)c1CCCCCCC. The van der Waals surface area contributed by atoms with Gasteiger partial charge in [0.15, 0.2) is 5.52 Å². The van der Waals surface area contributed by atoms with Gasteiger partial charge in [-0.1, -0.05) is 119 Å². The lowest BCUT2D eigenvalue weighted by atomic mass is 9.87. The van der Waals surface area contributed by atoms with Crippen molar-refractivity contribution < 1.29 is 4.79 Å². The molecule has 0 aliphatic rings. The smallest absolute Gasteiger partial charge is 0.178 e. The van der Waals surface area contributed by atoms with Crippen LogP contribution < -0.4 is 0 Å². The Morgan fingerprint density at radius 1 is 0.600 bits per heavy atom. The Labute approximate surface area is 190 Å². The van der Waals surface area contributed by atoms with Crippen LogP contribution in [0.15, 0.2) is 12.1 Å². The third kappa shape index (κ3) is 11.1. The molecule has 1 atom stereocenters. The highest BCUT2D eigenvalue weighted by molar-refractivity contribution is 7.41. The maximum absolute atomic E-state index is 12.4. The Hall–Kier alpha value is -0.680. The van der Waals surface area contributed by atoms with Crippen molar-refractivity contribution >= 4 is 14.8 Å². The number of hydrogen-bond acceptors (Lipinski definition) is 1. The molecule has 0 bridgehead atoms. The Morgan fingerprint density at radius 3 is 1.50 bits per heavy atom. The van der Waals surface area contributed by atoms with Gasteiger partial charge in [-0.2, -0.15) is 0 Å². The highest BCUT2D eigenvalue weighted by Gasteiger charge is 2.16. The summed E-state index contributed by atoms with van der Waals surface area (Å²) in [6.07, 6.45) is 23.1. The molecule has 172 valence electrons. The Bertz CT molecular complexity index is 578. The number of hydrogen-bond donors (Lipinski definition) is 0. The lowest BCUT2D eigenvalue weighted by Gasteiger charge is -2.19. The van der Waals surface area contributed by atoms with E-state index in [0.29, 0.717) is 0 Å². The topological polar surface area (TPSA) is 17.1 Å². The fraction of sp³-hybridized carbons (Fsp3) is 0.750. The highest BCUT2D eigenvalue weighted by atomic mass is 31.0. The zero-order chi connectivity index (χ0) is 22.0. The molecule has 30 heavy (non-hydrogen) atoms. The van der Waals surface area contributed by atoms with Crippen molar-refractivity contribution in [3.63, 3.8) is 0 Å². The highest BCUT2D eigenvalue weighted by Crippen LogP contribution is 2.27. The van der Waals surface area contributed by atoms with E-state index in [0.717, 1.165) is 18.4 Å². The molecule has 0 fully saturated rings. The molecule has 0 aliphatic carbocycles. The van der Waals surface area contributed by atoms with Gasteiger partial charge in [-0.05, 0) is 55.2 Å². The molecule has 1 rings (SSSR count). The molecule has 0 saturated heterocycles. The van der Waals surface area contributed by atoms with Gasteiger partial charge in [-0.3, -0.25) is 4.79 Å². The first-order chi connectivity index (χ1) is 14.7. The van der Waals surface area contributed by atoms with E-state index >= 15 is 0 Å². The number of carbonyl (C=O) groups excluding carboxylic acids is 1. The minimum Gasteiger partial charge on any atom is -0.290 e.